The van der Waals surface area contributed by atoms with Crippen LogP contribution in [0.3, 0.4) is 0 Å². The zero-order chi connectivity index (χ0) is 8.97. The van der Waals surface area contributed by atoms with Crippen molar-refractivity contribution in [2.75, 3.05) is 33.3 Å². The van der Waals surface area contributed by atoms with E-state index < -0.39 is 0 Å². The highest BCUT2D eigenvalue weighted by Gasteiger charge is 2.24. The average Bonchev–Trinajstić information content (AvgIpc) is 2.17. The average molecular weight is 172 g/mol. The van der Waals surface area contributed by atoms with Crippen LogP contribution >= 0.6 is 0 Å². The Morgan fingerprint density at radius 2 is 2.50 bits per heavy atom. The SMILES string of the molecule is CCN1CCOC(C(=O)NC)C1. The molecule has 1 aliphatic heterocycles. The van der Waals surface area contributed by atoms with Crippen molar-refractivity contribution in [3.05, 3.63) is 0 Å². The minimum absolute atomic E-state index is 0.0202. The summed E-state index contributed by atoms with van der Waals surface area (Å²) in [6.07, 6.45) is -0.274. The van der Waals surface area contributed by atoms with Gasteiger partial charge >= 0.3 is 0 Å². The fraction of sp³-hybridized carbons (Fsp3) is 0.875. The fourth-order valence-electron chi connectivity index (χ4n) is 1.31. The second-order valence-corrected chi connectivity index (χ2v) is 2.87. The van der Waals surface area contributed by atoms with Crippen LogP contribution in [-0.4, -0.2) is 50.2 Å². The molecule has 0 aromatic carbocycles. The molecular weight excluding hydrogens is 156 g/mol. The van der Waals surface area contributed by atoms with Crippen molar-refractivity contribution in [2.45, 2.75) is 13.0 Å². The van der Waals surface area contributed by atoms with Gasteiger partial charge in [-0.25, -0.2) is 0 Å². The number of morpholine rings is 1. The molecule has 1 aliphatic rings. The minimum Gasteiger partial charge on any atom is -0.366 e. The molecule has 1 fully saturated rings. The predicted molar refractivity (Wildman–Crippen MR) is 45.9 cm³/mol. The summed E-state index contributed by atoms with van der Waals surface area (Å²) in [5.41, 5.74) is 0. The van der Waals surface area contributed by atoms with Gasteiger partial charge in [-0.1, -0.05) is 6.92 Å². The van der Waals surface area contributed by atoms with Gasteiger partial charge in [-0.15, -0.1) is 0 Å². The third-order valence-corrected chi connectivity index (χ3v) is 2.14. The first-order valence-corrected chi connectivity index (χ1v) is 4.33. The lowest BCUT2D eigenvalue weighted by Crippen LogP contribution is -2.48. The Balaban J connectivity index is 2.40. The highest BCUT2D eigenvalue weighted by Crippen LogP contribution is 2.04. The molecule has 1 N–H and O–H groups in total. The van der Waals surface area contributed by atoms with E-state index in [0.29, 0.717) is 6.61 Å². The Bertz CT molecular complexity index is 161. The molecule has 1 amide bonds. The van der Waals surface area contributed by atoms with Crippen LogP contribution in [0.25, 0.3) is 0 Å². The monoisotopic (exact) mass is 172 g/mol. The standard InChI is InChI=1S/C8H16N2O2/c1-3-10-4-5-12-7(6-10)8(11)9-2/h7H,3-6H2,1-2H3,(H,9,11). The van der Waals surface area contributed by atoms with E-state index >= 15 is 0 Å². The minimum atomic E-state index is -0.274. The highest BCUT2D eigenvalue weighted by atomic mass is 16.5. The third kappa shape index (κ3) is 2.19. The van der Waals surface area contributed by atoms with Gasteiger partial charge in [0.1, 0.15) is 6.10 Å². The number of likely N-dealkylation sites (N-methyl/N-ethyl adjacent to an activating group) is 2. The van der Waals surface area contributed by atoms with Gasteiger partial charge in [0.25, 0.3) is 0 Å². The van der Waals surface area contributed by atoms with Gasteiger partial charge in [-0.3, -0.25) is 9.69 Å². The van der Waals surface area contributed by atoms with Crippen LogP contribution in [-0.2, 0) is 9.53 Å². The van der Waals surface area contributed by atoms with E-state index in [1.54, 1.807) is 7.05 Å². The Kier molecular flexibility index (Phi) is 3.49. The zero-order valence-electron chi connectivity index (χ0n) is 7.67. The Morgan fingerprint density at radius 1 is 1.75 bits per heavy atom. The van der Waals surface area contributed by atoms with Crippen LogP contribution in [0.2, 0.25) is 0 Å². The second kappa shape index (κ2) is 4.42. The van der Waals surface area contributed by atoms with Gasteiger partial charge in [0, 0.05) is 20.1 Å². The van der Waals surface area contributed by atoms with E-state index in [-0.39, 0.29) is 12.0 Å². The van der Waals surface area contributed by atoms with Gasteiger partial charge in [-0.05, 0) is 6.54 Å². The van der Waals surface area contributed by atoms with E-state index in [1.165, 1.54) is 0 Å². The molecule has 0 spiro atoms. The number of carbonyl (C=O) groups is 1. The summed E-state index contributed by atoms with van der Waals surface area (Å²) in [4.78, 5) is 13.4. The van der Waals surface area contributed by atoms with Crippen molar-refractivity contribution in [1.29, 1.82) is 0 Å². The molecule has 0 aromatic heterocycles. The van der Waals surface area contributed by atoms with Gasteiger partial charge in [-0.2, -0.15) is 0 Å². The smallest absolute Gasteiger partial charge is 0.250 e. The molecule has 0 saturated carbocycles. The second-order valence-electron chi connectivity index (χ2n) is 2.87. The molecule has 4 nitrogen and oxygen atoms in total. The lowest BCUT2D eigenvalue weighted by atomic mass is 10.2. The first kappa shape index (κ1) is 9.48. The van der Waals surface area contributed by atoms with Crippen molar-refractivity contribution < 1.29 is 9.53 Å². The lowest BCUT2D eigenvalue weighted by molar-refractivity contribution is -0.137. The summed E-state index contributed by atoms with van der Waals surface area (Å²) in [5.74, 6) is -0.0202. The maximum Gasteiger partial charge on any atom is 0.250 e. The lowest BCUT2D eigenvalue weighted by Gasteiger charge is -2.30. The van der Waals surface area contributed by atoms with Gasteiger partial charge < -0.3 is 10.1 Å². The summed E-state index contributed by atoms with van der Waals surface area (Å²) >= 11 is 0. The van der Waals surface area contributed by atoms with Gasteiger partial charge in [0.05, 0.1) is 6.61 Å². The topological polar surface area (TPSA) is 41.6 Å². The Morgan fingerprint density at radius 3 is 3.08 bits per heavy atom. The van der Waals surface area contributed by atoms with Crippen LogP contribution in [0, 0.1) is 0 Å². The third-order valence-electron chi connectivity index (χ3n) is 2.14. The normalized spacial score (nSPS) is 25.3. The molecule has 0 radical (unpaired) electrons. The Hall–Kier alpha value is -0.610. The van der Waals surface area contributed by atoms with Crippen molar-refractivity contribution in [3.63, 3.8) is 0 Å². The number of carbonyl (C=O) groups excluding carboxylic acids is 1. The maximum atomic E-state index is 11.2. The number of rotatable bonds is 2. The molecular formula is C8H16N2O2. The number of hydrogen-bond acceptors (Lipinski definition) is 3. The highest BCUT2D eigenvalue weighted by molar-refractivity contribution is 5.80. The number of ether oxygens (including phenoxy) is 1. The van der Waals surface area contributed by atoms with Crippen molar-refractivity contribution >= 4 is 5.91 Å². The van der Waals surface area contributed by atoms with Crippen LogP contribution < -0.4 is 5.32 Å². The summed E-state index contributed by atoms with van der Waals surface area (Å²) in [5, 5.41) is 2.59. The molecule has 0 aliphatic carbocycles. The quantitative estimate of drug-likeness (QED) is 0.608. The van der Waals surface area contributed by atoms with E-state index in [2.05, 4.69) is 17.1 Å². The van der Waals surface area contributed by atoms with E-state index in [4.69, 9.17) is 4.74 Å². The van der Waals surface area contributed by atoms with Crippen LogP contribution in [0.15, 0.2) is 0 Å². The van der Waals surface area contributed by atoms with E-state index in [0.717, 1.165) is 19.6 Å². The predicted octanol–water partition coefficient (Wildman–Crippen LogP) is -0.547. The van der Waals surface area contributed by atoms with Crippen molar-refractivity contribution in [3.8, 4) is 0 Å². The number of nitrogens with one attached hydrogen (secondary N) is 1. The van der Waals surface area contributed by atoms with Crippen LogP contribution in [0.4, 0.5) is 0 Å². The van der Waals surface area contributed by atoms with E-state index in [1.807, 2.05) is 0 Å². The van der Waals surface area contributed by atoms with Crippen molar-refractivity contribution in [2.24, 2.45) is 0 Å². The number of amides is 1. The van der Waals surface area contributed by atoms with Crippen LogP contribution in [0.5, 0.6) is 0 Å². The number of nitrogens with zero attached hydrogens (tertiary/aromatic N) is 1. The van der Waals surface area contributed by atoms with Crippen molar-refractivity contribution in [1.82, 2.24) is 10.2 Å². The Labute approximate surface area is 72.9 Å². The molecule has 0 bridgehead atoms. The zero-order valence-corrected chi connectivity index (χ0v) is 7.67. The molecule has 1 saturated heterocycles. The molecule has 1 atom stereocenters. The largest absolute Gasteiger partial charge is 0.366 e. The molecule has 1 unspecified atom stereocenters. The van der Waals surface area contributed by atoms with Gasteiger partial charge in [0.15, 0.2) is 0 Å². The summed E-state index contributed by atoms with van der Waals surface area (Å²) < 4.78 is 5.31. The van der Waals surface area contributed by atoms with E-state index in [9.17, 15) is 4.79 Å². The molecule has 70 valence electrons. The van der Waals surface area contributed by atoms with Crippen LogP contribution in [0.1, 0.15) is 6.92 Å². The number of hydrogen-bond donors (Lipinski definition) is 1. The summed E-state index contributed by atoms with van der Waals surface area (Å²) in [6, 6.07) is 0. The molecule has 0 aromatic rings. The molecule has 4 heteroatoms. The fourth-order valence-corrected chi connectivity index (χ4v) is 1.31. The molecule has 1 heterocycles. The summed E-state index contributed by atoms with van der Waals surface area (Å²) in [7, 11) is 1.64. The molecule has 12 heavy (non-hydrogen) atoms. The molecule has 1 rings (SSSR count). The summed E-state index contributed by atoms with van der Waals surface area (Å²) in [6.45, 7) is 5.38. The first-order chi connectivity index (χ1) is 5.77. The maximum absolute atomic E-state index is 11.2. The van der Waals surface area contributed by atoms with Gasteiger partial charge in [0.2, 0.25) is 5.91 Å². The first-order valence-electron chi connectivity index (χ1n) is 4.33.